The molecule has 0 amide bonds. The Balaban J connectivity index is 1.95. The van der Waals surface area contributed by atoms with E-state index in [9.17, 15) is 5.11 Å². The third-order valence-electron chi connectivity index (χ3n) is 3.30. The number of likely N-dealkylation sites (tertiary alicyclic amines) is 1. The summed E-state index contributed by atoms with van der Waals surface area (Å²) in [7, 11) is 0. The zero-order chi connectivity index (χ0) is 12.3. The minimum Gasteiger partial charge on any atom is -0.378 e. The van der Waals surface area contributed by atoms with Crippen molar-refractivity contribution < 1.29 is 5.11 Å². The average Bonchev–Trinajstić information content (AvgIpc) is 2.35. The number of hydrogen-bond acceptors (Lipinski definition) is 2. The average molecular weight is 294 g/mol. The fourth-order valence-corrected chi connectivity index (χ4v) is 2.50. The number of rotatable bonds is 2. The van der Waals surface area contributed by atoms with Crippen LogP contribution >= 0.6 is 15.9 Å². The summed E-state index contributed by atoms with van der Waals surface area (Å²) < 4.78 is 1.14. The number of benzene rings is 1. The Kier molecular flexibility index (Phi) is 3.88. The van der Waals surface area contributed by atoms with Gasteiger partial charge in [-0.05, 0) is 11.6 Å². The van der Waals surface area contributed by atoms with E-state index in [-0.39, 0.29) is 0 Å². The highest BCUT2D eigenvalue weighted by atomic mass is 79.9. The number of piperidine rings is 1. The molecular weight excluding hydrogens is 278 g/mol. The van der Waals surface area contributed by atoms with Crippen LogP contribution in [0.2, 0.25) is 0 Å². The third kappa shape index (κ3) is 3.10. The Morgan fingerprint density at radius 2 is 2.00 bits per heavy atom. The Hall–Kier alpha value is -0.820. The highest BCUT2D eigenvalue weighted by Crippen LogP contribution is 2.24. The topological polar surface area (TPSA) is 23.5 Å². The molecule has 0 atom stereocenters. The molecule has 17 heavy (non-hydrogen) atoms. The standard InChI is InChI=1S/C14H16BrNO/c1-2-14(17)7-9-16(10-8-14)11-12-5-3-4-6-13(12)15/h1,3-6,17H,7-11H2. The summed E-state index contributed by atoms with van der Waals surface area (Å²) in [5, 5.41) is 9.95. The third-order valence-corrected chi connectivity index (χ3v) is 4.08. The van der Waals surface area contributed by atoms with Crippen LogP contribution < -0.4 is 0 Å². The summed E-state index contributed by atoms with van der Waals surface area (Å²) in [6, 6.07) is 8.23. The van der Waals surface area contributed by atoms with Crippen molar-refractivity contribution in [2.75, 3.05) is 13.1 Å². The molecule has 1 aliphatic heterocycles. The number of aliphatic hydroxyl groups is 1. The van der Waals surface area contributed by atoms with Gasteiger partial charge in [-0.3, -0.25) is 4.90 Å². The highest BCUT2D eigenvalue weighted by molar-refractivity contribution is 9.10. The molecule has 1 N–H and O–H groups in total. The van der Waals surface area contributed by atoms with Crippen LogP contribution in [0.25, 0.3) is 0 Å². The SMILES string of the molecule is C#CC1(O)CCN(Cc2ccccc2Br)CC1. The van der Waals surface area contributed by atoms with Gasteiger partial charge in [0.15, 0.2) is 0 Å². The lowest BCUT2D eigenvalue weighted by atomic mass is 9.92. The van der Waals surface area contributed by atoms with E-state index in [0.717, 1.165) is 24.1 Å². The van der Waals surface area contributed by atoms with Crippen molar-refractivity contribution in [3.63, 3.8) is 0 Å². The van der Waals surface area contributed by atoms with Gasteiger partial charge in [0.1, 0.15) is 5.60 Å². The van der Waals surface area contributed by atoms with Crippen molar-refractivity contribution in [1.82, 2.24) is 4.90 Å². The molecule has 1 fully saturated rings. The van der Waals surface area contributed by atoms with E-state index in [1.165, 1.54) is 5.56 Å². The van der Waals surface area contributed by atoms with E-state index >= 15 is 0 Å². The molecule has 0 bridgehead atoms. The minimum atomic E-state index is -0.885. The lowest BCUT2D eigenvalue weighted by Crippen LogP contribution is -2.43. The van der Waals surface area contributed by atoms with Crippen LogP contribution in [0.5, 0.6) is 0 Å². The molecule has 90 valence electrons. The predicted octanol–water partition coefficient (Wildman–Crippen LogP) is 2.41. The maximum Gasteiger partial charge on any atom is 0.127 e. The number of hydrogen-bond donors (Lipinski definition) is 1. The summed E-state index contributed by atoms with van der Waals surface area (Å²) in [5.74, 6) is 2.50. The normalized spacial score (nSPS) is 19.8. The Bertz CT molecular complexity index is 430. The second-order valence-corrected chi connectivity index (χ2v) is 5.40. The minimum absolute atomic E-state index is 0.661. The molecule has 0 saturated carbocycles. The fourth-order valence-electron chi connectivity index (χ4n) is 2.09. The van der Waals surface area contributed by atoms with Crippen molar-refractivity contribution in [2.45, 2.75) is 25.0 Å². The van der Waals surface area contributed by atoms with E-state index in [2.05, 4.69) is 38.9 Å². The number of halogens is 1. The van der Waals surface area contributed by atoms with Gasteiger partial charge in [0.2, 0.25) is 0 Å². The van der Waals surface area contributed by atoms with Gasteiger partial charge in [0.25, 0.3) is 0 Å². The van der Waals surface area contributed by atoms with E-state index in [0.29, 0.717) is 12.8 Å². The summed E-state index contributed by atoms with van der Waals surface area (Å²) in [5.41, 5.74) is 0.392. The molecule has 0 radical (unpaired) electrons. The molecule has 1 aromatic rings. The maximum atomic E-state index is 9.95. The van der Waals surface area contributed by atoms with Gasteiger partial charge in [-0.25, -0.2) is 0 Å². The summed E-state index contributed by atoms with van der Waals surface area (Å²) >= 11 is 3.55. The smallest absolute Gasteiger partial charge is 0.127 e. The first-order chi connectivity index (χ1) is 8.13. The lowest BCUT2D eigenvalue weighted by molar-refractivity contribution is 0.0247. The number of nitrogens with zero attached hydrogens (tertiary/aromatic N) is 1. The van der Waals surface area contributed by atoms with Crippen molar-refractivity contribution in [3.8, 4) is 12.3 Å². The Morgan fingerprint density at radius 3 is 2.59 bits per heavy atom. The zero-order valence-electron chi connectivity index (χ0n) is 9.69. The largest absolute Gasteiger partial charge is 0.378 e. The van der Waals surface area contributed by atoms with Gasteiger partial charge in [0.05, 0.1) is 0 Å². The predicted molar refractivity (Wildman–Crippen MR) is 72.4 cm³/mol. The van der Waals surface area contributed by atoms with Crippen molar-refractivity contribution in [3.05, 3.63) is 34.3 Å². The van der Waals surface area contributed by atoms with Gasteiger partial charge in [-0.2, -0.15) is 0 Å². The van der Waals surface area contributed by atoms with Crippen LogP contribution in [-0.4, -0.2) is 28.7 Å². The molecule has 1 heterocycles. The molecule has 1 aromatic carbocycles. The van der Waals surface area contributed by atoms with Crippen LogP contribution in [-0.2, 0) is 6.54 Å². The fraction of sp³-hybridized carbons (Fsp3) is 0.429. The molecule has 1 aliphatic rings. The van der Waals surface area contributed by atoms with Crippen LogP contribution in [0.4, 0.5) is 0 Å². The van der Waals surface area contributed by atoms with E-state index in [1.54, 1.807) is 0 Å². The molecule has 0 spiro atoms. The Morgan fingerprint density at radius 1 is 1.35 bits per heavy atom. The molecule has 2 rings (SSSR count). The molecule has 1 saturated heterocycles. The quantitative estimate of drug-likeness (QED) is 0.847. The van der Waals surface area contributed by atoms with E-state index < -0.39 is 5.60 Å². The highest BCUT2D eigenvalue weighted by Gasteiger charge is 2.29. The Labute approximate surface area is 111 Å². The summed E-state index contributed by atoms with van der Waals surface area (Å²) in [6.45, 7) is 2.60. The zero-order valence-corrected chi connectivity index (χ0v) is 11.3. The van der Waals surface area contributed by atoms with Crippen LogP contribution in [0.3, 0.4) is 0 Å². The number of terminal acetylenes is 1. The second-order valence-electron chi connectivity index (χ2n) is 4.54. The lowest BCUT2D eigenvalue weighted by Gasteiger charge is -2.35. The second kappa shape index (κ2) is 5.22. The van der Waals surface area contributed by atoms with Crippen molar-refractivity contribution in [2.24, 2.45) is 0 Å². The first-order valence-electron chi connectivity index (χ1n) is 5.79. The van der Waals surface area contributed by atoms with Crippen molar-refractivity contribution >= 4 is 15.9 Å². The van der Waals surface area contributed by atoms with Gasteiger partial charge in [-0.15, -0.1) is 6.42 Å². The van der Waals surface area contributed by atoms with Crippen LogP contribution in [0, 0.1) is 12.3 Å². The molecule has 0 aromatic heterocycles. The monoisotopic (exact) mass is 293 g/mol. The van der Waals surface area contributed by atoms with Crippen molar-refractivity contribution in [1.29, 1.82) is 0 Å². The molecule has 0 unspecified atom stereocenters. The van der Waals surface area contributed by atoms with Crippen LogP contribution in [0.1, 0.15) is 18.4 Å². The van der Waals surface area contributed by atoms with Gasteiger partial charge >= 0.3 is 0 Å². The van der Waals surface area contributed by atoms with Gasteiger partial charge in [0, 0.05) is 36.9 Å². The molecule has 0 aliphatic carbocycles. The van der Waals surface area contributed by atoms with Crippen LogP contribution in [0.15, 0.2) is 28.7 Å². The molecule has 3 heteroatoms. The summed E-state index contributed by atoms with van der Waals surface area (Å²) in [6.07, 6.45) is 6.65. The molecular formula is C14H16BrNO. The van der Waals surface area contributed by atoms with Gasteiger partial charge < -0.3 is 5.11 Å². The first kappa shape index (κ1) is 12.6. The van der Waals surface area contributed by atoms with E-state index in [1.807, 2.05) is 12.1 Å². The summed E-state index contributed by atoms with van der Waals surface area (Å²) in [4.78, 5) is 2.33. The van der Waals surface area contributed by atoms with Gasteiger partial charge in [-0.1, -0.05) is 40.0 Å². The molecule has 2 nitrogen and oxygen atoms in total. The first-order valence-corrected chi connectivity index (χ1v) is 6.58. The van der Waals surface area contributed by atoms with E-state index in [4.69, 9.17) is 6.42 Å². The maximum absolute atomic E-state index is 9.95.